The summed E-state index contributed by atoms with van der Waals surface area (Å²) >= 11 is 3.15. The SMILES string of the molecule is FC(F)(F)c1cccc(-c2cc(-n3c4ccccc4c4ccc5sc6ccccc6c5c43)c(C(F)(F)F)cc2-n2c3ccccc3c3ccc4sc5ccccc5c4c32)c1. The van der Waals surface area contributed by atoms with Crippen LogP contribution in [0.2, 0.25) is 0 Å². The Bertz CT molecular complexity index is 3770. The van der Waals surface area contributed by atoms with Crippen LogP contribution in [-0.2, 0) is 12.4 Å². The monoisotopic (exact) mass is 832 g/mol. The summed E-state index contributed by atoms with van der Waals surface area (Å²) in [4.78, 5) is 0. The van der Waals surface area contributed by atoms with Crippen LogP contribution in [0.3, 0.4) is 0 Å². The van der Waals surface area contributed by atoms with Crippen molar-refractivity contribution in [2.24, 2.45) is 0 Å². The lowest BCUT2D eigenvalue weighted by Gasteiger charge is -2.23. The molecule has 4 heterocycles. The molecule has 12 aromatic rings. The van der Waals surface area contributed by atoms with Gasteiger partial charge >= 0.3 is 12.4 Å². The average molecular weight is 833 g/mol. The molecule has 0 N–H and O–H groups in total. The Balaban J connectivity index is 1.30. The molecular weight excluding hydrogens is 807 g/mol. The fourth-order valence-corrected chi connectivity index (χ4v) is 11.5. The molecule has 290 valence electrons. The Labute approximate surface area is 344 Å². The molecule has 12 rings (SSSR count). The molecule has 0 unspecified atom stereocenters. The molecule has 0 aliphatic rings. The van der Waals surface area contributed by atoms with Crippen molar-refractivity contribution >= 4 is 107 Å². The smallest absolute Gasteiger partial charge is 0.308 e. The Morgan fingerprint density at radius 1 is 0.383 bits per heavy atom. The van der Waals surface area contributed by atoms with Crippen molar-refractivity contribution < 1.29 is 26.3 Å². The van der Waals surface area contributed by atoms with Crippen molar-refractivity contribution in [3.8, 4) is 22.5 Å². The van der Waals surface area contributed by atoms with Crippen molar-refractivity contribution in [1.82, 2.24) is 9.13 Å². The van der Waals surface area contributed by atoms with Crippen molar-refractivity contribution in [1.29, 1.82) is 0 Å². The van der Waals surface area contributed by atoms with Crippen LogP contribution in [0.1, 0.15) is 11.1 Å². The molecule has 0 saturated carbocycles. The van der Waals surface area contributed by atoms with Crippen LogP contribution in [0, 0.1) is 0 Å². The fourth-order valence-electron chi connectivity index (χ4n) is 9.30. The highest BCUT2D eigenvalue weighted by atomic mass is 32.1. The van der Waals surface area contributed by atoms with E-state index < -0.39 is 23.5 Å². The zero-order chi connectivity index (χ0) is 40.7. The molecule has 8 aromatic carbocycles. The minimum atomic E-state index is -4.89. The Hall–Kier alpha value is -6.62. The van der Waals surface area contributed by atoms with Crippen LogP contribution in [0.15, 0.2) is 158 Å². The first-order valence-electron chi connectivity index (χ1n) is 19.1. The average Bonchev–Trinajstić information content (AvgIpc) is 4.00. The van der Waals surface area contributed by atoms with E-state index in [2.05, 4.69) is 0 Å². The van der Waals surface area contributed by atoms with Crippen LogP contribution >= 0.6 is 22.7 Å². The zero-order valence-corrected chi connectivity index (χ0v) is 32.6. The number of alkyl halides is 6. The van der Waals surface area contributed by atoms with Gasteiger partial charge in [0.05, 0.1) is 44.6 Å². The van der Waals surface area contributed by atoms with Gasteiger partial charge < -0.3 is 9.13 Å². The molecule has 0 atom stereocenters. The maximum absolute atomic E-state index is 16.2. The molecule has 0 bridgehead atoms. The van der Waals surface area contributed by atoms with Crippen LogP contribution in [-0.4, -0.2) is 9.13 Å². The standard InChI is InChI=1S/C50H26F6N2S2/c51-49(52,53)28-11-9-10-27(24-28)35-25-40(58-38-17-6-2-13-30(38)32-21-23-44-46(48(32)58)34-15-4-8-19-42(34)60-44)36(50(54,55)56)26-39(35)57-37-16-5-1-12-29(37)31-20-22-43-45(47(31)57)33-14-3-7-18-41(33)59-43/h1-26H. The number of para-hydroxylation sites is 2. The summed E-state index contributed by atoms with van der Waals surface area (Å²) < 4.78 is 99.5. The number of rotatable bonds is 3. The Morgan fingerprint density at radius 3 is 1.42 bits per heavy atom. The number of thiophene rings is 2. The molecule has 60 heavy (non-hydrogen) atoms. The Morgan fingerprint density at radius 2 is 0.883 bits per heavy atom. The maximum atomic E-state index is 16.2. The number of nitrogens with zero attached hydrogens (tertiary/aromatic N) is 2. The van der Waals surface area contributed by atoms with Crippen LogP contribution < -0.4 is 0 Å². The highest BCUT2D eigenvalue weighted by molar-refractivity contribution is 7.26. The number of fused-ring (bicyclic) bond motifs is 14. The first kappa shape index (κ1) is 35.3. The first-order chi connectivity index (χ1) is 29.0. The van der Waals surface area contributed by atoms with Crippen LogP contribution in [0.25, 0.3) is 106 Å². The van der Waals surface area contributed by atoms with Crippen molar-refractivity contribution in [2.45, 2.75) is 12.4 Å². The molecule has 0 saturated heterocycles. The van der Waals surface area contributed by atoms with Crippen LogP contribution in [0.4, 0.5) is 26.3 Å². The molecule has 10 heteroatoms. The van der Waals surface area contributed by atoms with Gasteiger partial charge in [0.1, 0.15) is 0 Å². The quantitative estimate of drug-likeness (QED) is 0.157. The summed E-state index contributed by atoms with van der Waals surface area (Å²) in [6.45, 7) is 0. The highest BCUT2D eigenvalue weighted by Crippen LogP contribution is 2.49. The number of hydrogen-bond acceptors (Lipinski definition) is 2. The van der Waals surface area contributed by atoms with Gasteiger partial charge in [0.2, 0.25) is 0 Å². The highest BCUT2D eigenvalue weighted by Gasteiger charge is 2.38. The molecule has 0 spiro atoms. The molecule has 0 amide bonds. The molecule has 0 aliphatic carbocycles. The van der Waals surface area contributed by atoms with E-state index in [4.69, 9.17) is 0 Å². The molecule has 0 radical (unpaired) electrons. The van der Waals surface area contributed by atoms with E-state index in [9.17, 15) is 13.2 Å². The van der Waals surface area contributed by atoms with Gasteiger partial charge in [-0.1, -0.05) is 97.1 Å². The van der Waals surface area contributed by atoms with Gasteiger partial charge in [-0.2, -0.15) is 26.3 Å². The van der Waals surface area contributed by atoms with Gasteiger partial charge in [-0.15, -0.1) is 22.7 Å². The largest absolute Gasteiger partial charge is 0.418 e. The summed E-state index contributed by atoms with van der Waals surface area (Å²) in [5.74, 6) is 0. The topological polar surface area (TPSA) is 9.86 Å². The lowest BCUT2D eigenvalue weighted by Crippen LogP contribution is -2.13. The zero-order valence-electron chi connectivity index (χ0n) is 31.0. The van der Waals surface area contributed by atoms with Gasteiger partial charge in [-0.3, -0.25) is 0 Å². The molecule has 0 aliphatic heterocycles. The number of hydrogen-bond donors (Lipinski definition) is 0. The van der Waals surface area contributed by atoms with E-state index in [0.29, 0.717) is 22.1 Å². The van der Waals surface area contributed by atoms with Gasteiger partial charge in [0.15, 0.2) is 0 Å². The van der Waals surface area contributed by atoms with E-state index in [-0.39, 0.29) is 22.5 Å². The third-order valence-corrected chi connectivity index (χ3v) is 14.0. The second kappa shape index (κ2) is 12.5. The molecular formula is C50H26F6N2S2. The molecule has 0 fully saturated rings. The van der Waals surface area contributed by atoms with Crippen molar-refractivity contribution in [3.63, 3.8) is 0 Å². The van der Waals surface area contributed by atoms with Crippen LogP contribution in [0.5, 0.6) is 0 Å². The summed E-state index contributed by atoms with van der Waals surface area (Å²) in [5.41, 5.74) is 0.938. The Kier molecular flexibility index (Phi) is 7.33. The third-order valence-electron chi connectivity index (χ3n) is 11.8. The van der Waals surface area contributed by atoms with E-state index in [1.807, 2.05) is 114 Å². The number of halogens is 6. The normalized spacial score (nSPS) is 12.8. The van der Waals surface area contributed by atoms with E-state index in [0.717, 1.165) is 80.1 Å². The van der Waals surface area contributed by atoms with Crippen molar-refractivity contribution in [3.05, 3.63) is 169 Å². The minimum Gasteiger partial charge on any atom is -0.308 e. The lowest BCUT2D eigenvalue weighted by molar-refractivity contribution is -0.138. The maximum Gasteiger partial charge on any atom is 0.418 e. The number of benzene rings is 8. The molecule has 2 nitrogen and oxygen atoms in total. The van der Waals surface area contributed by atoms with E-state index in [1.165, 1.54) is 12.1 Å². The van der Waals surface area contributed by atoms with Gasteiger partial charge in [-0.05, 0) is 66.2 Å². The third kappa shape index (κ3) is 5.01. The van der Waals surface area contributed by atoms with Gasteiger partial charge in [0, 0.05) is 67.5 Å². The minimum absolute atomic E-state index is 0.117. The van der Waals surface area contributed by atoms with Gasteiger partial charge in [-0.25, -0.2) is 0 Å². The fraction of sp³-hybridized carbons (Fsp3) is 0.0400. The molecule has 4 aromatic heterocycles. The van der Waals surface area contributed by atoms with Crippen molar-refractivity contribution in [2.75, 3.05) is 0 Å². The van der Waals surface area contributed by atoms with E-state index in [1.54, 1.807) is 45.4 Å². The summed E-state index contributed by atoms with van der Waals surface area (Å²) in [5, 5.41) is 6.70. The summed E-state index contributed by atoms with van der Waals surface area (Å²) in [7, 11) is 0. The summed E-state index contributed by atoms with van der Waals surface area (Å²) in [6, 6.07) is 46.1. The predicted molar refractivity (Wildman–Crippen MR) is 236 cm³/mol. The number of aromatic nitrogens is 2. The van der Waals surface area contributed by atoms with E-state index >= 15 is 13.2 Å². The first-order valence-corrected chi connectivity index (χ1v) is 20.8. The lowest BCUT2D eigenvalue weighted by atomic mass is 9.96. The van der Waals surface area contributed by atoms with Gasteiger partial charge in [0.25, 0.3) is 0 Å². The second-order valence-corrected chi connectivity index (χ2v) is 17.2. The second-order valence-electron chi connectivity index (χ2n) is 15.0. The summed E-state index contributed by atoms with van der Waals surface area (Å²) in [6.07, 6.45) is -9.58. The predicted octanol–water partition coefficient (Wildman–Crippen LogP) is 16.3.